The van der Waals surface area contributed by atoms with Gasteiger partial charge in [-0.25, -0.2) is 0 Å². The van der Waals surface area contributed by atoms with E-state index in [-0.39, 0.29) is 12.1 Å². The number of benzene rings is 1. The fourth-order valence-electron chi connectivity index (χ4n) is 1.72. The molecule has 2 aromatic rings. The number of hydrogen-bond acceptors (Lipinski definition) is 3. The number of aromatic nitrogens is 1. The number of rotatable bonds is 4. The molecule has 0 radical (unpaired) electrons. The first-order valence-corrected chi connectivity index (χ1v) is 7.10. The summed E-state index contributed by atoms with van der Waals surface area (Å²) in [5.74, 6) is -0.498. The van der Waals surface area contributed by atoms with Gasteiger partial charge in [0, 0.05) is 34.5 Å². The van der Waals surface area contributed by atoms with Crippen LogP contribution in [0.2, 0.25) is 10.0 Å². The minimum atomic E-state index is -0.498. The maximum atomic E-state index is 12.1. The Morgan fingerprint density at radius 3 is 2.59 bits per heavy atom. The lowest BCUT2D eigenvalue weighted by atomic mass is 10.1. The Kier molecular flexibility index (Phi) is 5.54. The van der Waals surface area contributed by atoms with Crippen molar-refractivity contribution in [2.45, 2.75) is 6.54 Å². The van der Waals surface area contributed by atoms with E-state index < -0.39 is 5.91 Å². The first-order valence-electron chi connectivity index (χ1n) is 6.34. The molecule has 1 heterocycles. The number of carbonyl (C=O) groups is 1. The zero-order valence-corrected chi connectivity index (χ0v) is 12.9. The molecule has 0 bridgehead atoms. The summed E-state index contributed by atoms with van der Waals surface area (Å²) in [4.78, 5) is 16.0. The fourth-order valence-corrected chi connectivity index (χ4v) is 2.23. The monoisotopic (exact) mass is 331 g/mol. The van der Waals surface area contributed by atoms with Crippen molar-refractivity contribution in [3.63, 3.8) is 0 Å². The topological polar surface area (TPSA) is 65.8 Å². The van der Waals surface area contributed by atoms with Gasteiger partial charge in [-0.05, 0) is 29.8 Å². The van der Waals surface area contributed by atoms with E-state index in [1.54, 1.807) is 36.7 Å². The summed E-state index contributed by atoms with van der Waals surface area (Å²) >= 11 is 12.1. The van der Waals surface area contributed by atoms with Crippen molar-refractivity contribution >= 4 is 35.2 Å². The standard InChI is InChI=1S/C16H11Cl2N3O/c17-14-4-1-5-15(18)13(14)7-12(8-19)16(22)21-10-11-3-2-6-20-9-11/h1-7,9H,10H2,(H,21,22)/b12-7-. The van der Waals surface area contributed by atoms with E-state index in [2.05, 4.69) is 10.3 Å². The second-order valence-corrected chi connectivity index (χ2v) is 5.16. The van der Waals surface area contributed by atoms with Crippen LogP contribution in [-0.2, 0) is 11.3 Å². The first kappa shape index (κ1) is 16.0. The first-order chi connectivity index (χ1) is 10.6. The third-order valence-corrected chi connectivity index (χ3v) is 3.49. The van der Waals surface area contributed by atoms with Crippen LogP contribution < -0.4 is 5.32 Å². The van der Waals surface area contributed by atoms with Crippen molar-refractivity contribution in [3.05, 3.63) is 69.5 Å². The average Bonchev–Trinajstić information content (AvgIpc) is 2.53. The maximum Gasteiger partial charge on any atom is 0.262 e. The number of carbonyl (C=O) groups excluding carboxylic acids is 1. The van der Waals surface area contributed by atoms with Gasteiger partial charge in [0.05, 0.1) is 0 Å². The molecule has 1 aromatic heterocycles. The third-order valence-electron chi connectivity index (χ3n) is 2.83. The molecule has 22 heavy (non-hydrogen) atoms. The van der Waals surface area contributed by atoms with Crippen LogP contribution in [0.1, 0.15) is 11.1 Å². The molecule has 1 aromatic carbocycles. The summed E-state index contributed by atoms with van der Waals surface area (Å²) in [7, 11) is 0. The Balaban J connectivity index is 2.16. The summed E-state index contributed by atoms with van der Waals surface area (Å²) in [5, 5.41) is 12.6. The molecule has 2 rings (SSSR count). The van der Waals surface area contributed by atoms with E-state index >= 15 is 0 Å². The van der Waals surface area contributed by atoms with E-state index in [9.17, 15) is 4.79 Å². The van der Waals surface area contributed by atoms with Gasteiger partial charge in [-0.1, -0.05) is 35.3 Å². The number of nitrogens with one attached hydrogen (secondary N) is 1. The molecule has 0 atom stereocenters. The van der Waals surface area contributed by atoms with E-state index in [4.69, 9.17) is 28.5 Å². The molecule has 0 saturated heterocycles. The van der Waals surface area contributed by atoms with Gasteiger partial charge in [0.25, 0.3) is 5.91 Å². The Hall–Kier alpha value is -2.35. The Labute approximate surface area is 138 Å². The van der Waals surface area contributed by atoms with Gasteiger partial charge < -0.3 is 5.32 Å². The minimum Gasteiger partial charge on any atom is -0.347 e. The molecule has 110 valence electrons. The molecule has 4 nitrogen and oxygen atoms in total. The van der Waals surface area contributed by atoms with Crippen LogP contribution in [0.4, 0.5) is 0 Å². The number of amides is 1. The molecule has 1 N–H and O–H groups in total. The number of halogens is 2. The molecule has 6 heteroatoms. The van der Waals surface area contributed by atoms with Gasteiger partial charge in [-0.2, -0.15) is 5.26 Å². The molecule has 0 aliphatic heterocycles. The Morgan fingerprint density at radius 2 is 2.00 bits per heavy atom. The van der Waals surface area contributed by atoms with Crippen molar-refractivity contribution in [1.82, 2.24) is 10.3 Å². The van der Waals surface area contributed by atoms with Crippen LogP contribution in [0.25, 0.3) is 6.08 Å². The molecule has 0 saturated carbocycles. The van der Waals surface area contributed by atoms with Gasteiger partial charge in [-0.15, -0.1) is 0 Å². The lowest BCUT2D eigenvalue weighted by Crippen LogP contribution is -2.24. The average molecular weight is 332 g/mol. The molecular weight excluding hydrogens is 321 g/mol. The summed E-state index contributed by atoms with van der Waals surface area (Å²) in [5.41, 5.74) is 1.21. The lowest BCUT2D eigenvalue weighted by molar-refractivity contribution is -0.117. The van der Waals surface area contributed by atoms with Crippen LogP contribution in [0, 0.1) is 11.3 Å². The number of nitriles is 1. The van der Waals surface area contributed by atoms with Crippen molar-refractivity contribution in [2.24, 2.45) is 0 Å². The smallest absolute Gasteiger partial charge is 0.262 e. The van der Waals surface area contributed by atoms with Gasteiger partial charge >= 0.3 is 0 Å². The summed E-state index contributed by atoms with van der Waals surface area (Å²) < 4.78 is 0. The molecule has 0 fully saturated rings. The van der Waals surface area contributed by atoms with Crippen molar-refractivity contribution in [3.8, 4) is 6.07 Å². The van der Waals surface area contributed by atoms with Crippen LogP contribution in [-0.4, -0.2) is 10.9 Å². The molecule has 0 unspecified atom stereocenters. The van der Waals surface area contributed by atoms with Crippen molar-refractivity contribution < 1.29 is 4.79 Å². The maximum absolute atomic E-state index is 12.1. The molecule has 1 amide bonds. The zero-order chi connectivity index (χ0) is 15.9. The Bertz CT molecular complexity index is 731. The predicted molar refractivity (Wildman–Crippen MR) is 86.1 cm³/mol. The number of nitrogens with zero attached hydrogens (tertiary/aromatic N) is 2. The van der Waals surface area contributed by atoms with Crippen molar-refractivity contribution in [1.29, 1.82) is 5.26 Å². The van der Waals surface area contributed by atoms with E-state index in [1.807, 2.05) is 12.1 Å². The molecule has 0 spiro atoms. The third kappa shape index (κ3) is 4.08. The zero-order valence-electron chi connectivity index (χ0n) is 11.4. The highest BCUT2D eigenvalue weighted by atomic mass is 35.5. The van der Waals surface area contributed by atoms with Gasteiger partial charge in [-0.3, -0.25) is 9.78 Å². The normalized spacial score (nSPS) is 10.9. The van der Waals surface area contributed by atoms with Crippen molar-refractivity contribution in [2.75, 3.05) is 0 Å². The SMILES string of the molecule is N#C/C(=C/c1c(Cl)cccc1Cl)C(=O)NCc1cccnc1. The molecule has 0 aliphatic carbocycles. The molecule has 0 aliphatic rings. The van der Waals surface area contributed by atoms with Gasteiger partial charge in [0.1, 0.15) is 11.6 Å². The Morgan fingerprint density at radius 1 is 1.27 bits per heavy atom. The van der Waals surface area contributed by atoms with Crippen LogP contribution >= 0.6 is 23.2 Å². The molecular formula is C16H11Cl2N3O. The van der Waals surface area contributed by atoms with E-state index in [0.29, 0.717) is 15.6 Å². The predicted octanol–water partition coefficient (Wildman–Crippen LogP) is 3.61. The summed E-state index contributed by atoms with van der Waals surface area (Å²) in [6, 6.07) is 10.4. The van der Waals surface area contributed by atoms with E-state index in [0.717, 1.165) is 5.56 Å². The summed E-state index contributed by atoms with van der Waals surface area (Å²) in [6.07, 6.45) is 4.66. The van der Waals surface area contributed by atoms with Gasteiger partial charge in [0.15, 0.2) is 0 Å². The number of hydrogen-bond donors (Lipinski definition) is 1. The second kappa shape index (κ2) is 7.60. The highest BCUT2D eigenvalue weighted by Crippen LogP contribution is 2.26. The minimum absolute atomic E-state index is 0.0705. The van der Waals surface area contributed by atoms with Gasteiger partial charge in [0.2, 0.25) is 0 Å². The highest BCUT2D eigenvalue weighted by Gasteiger charge is 2.11. The second-order valence-electron chi connectivity index (χ2n) is 4.35. The largest absolute Gasteiger partial charge is 0.347 e. The fraction of sp³-hybridized carbons (Fsp3) is 0.0625. The van der Waals surface area contributed by atoms with Crippen LogP contribution in [0.5, 0.6) is 0 Å². The quantitative estimate of drug-likeness (QED) is 0.687. The van der Waals surface area contributed by atoms with Crippen LogP contribution in [0.15, 0.2) is 48.3 Å². The highest BCUT2D eigenvalue weighted by molar-refractivity contribution is 6.37. The lowest BCUT2D eigenvalue weighted by Gasteiger charge is -2.05. The van der Waals surface area contributed by atoms with Crippen LogP contribution in [0.3, 0.4) is 0 Å². The summed E-state index contributed by atoms with van der Waals surface area (Å²) in [6.45, 7) is 0.280. The van der Waals surface area contributed by atoms with E-state index in [1.165, 1.54) is 6.08 Å². The number of pyridine rings is 1.